The molecule has 1 amide bonds. The van der Waals surface area contributed by atoms with Crippen LogP contribution >= 0.6 is 0 Å². The minimum Gasteiger partial charge on any atom is -0.389 e. The van der Waals surface area contributed by atoms with Crippen LogP contribution in [-0.2, 0) is 0 Å². The number of amides is 1. The van der Waals surface area contributed by atoms with Crippen molar-refractivity contribution in [2.75, 3.05) is 18.4 Å². The number of hydrogen-bond acceptors (Lipinski definition) is 4. The zero-order valence-electron chi connectivity index (χ0n) is 14.1. The first-order valence-electron chi connectivity index (χ1n) is 7.80. The average molecular weight is 331 g/mol. The van der Waals surface area contributed by atoms with E-state index in [2.05, 4.69) is 10.3 Å². The number of carbonyl (C=O) groups is 1. The van der Waals surface area contributed by atoms with Gasteiger partial charge in [-0.1, -0.05) is 12.1 Å². The van der Waals surface area contributed by atoms with Crippen molar-refractivity contribution in [1.82, 2.24) is 9.88 Å². The van der Waals surface area contributed by atoms with Gasteiger partial charge in [-0.2, -0.15) is 0 Å². The Labute approximate surface area is 141 Å². The normalized spacial score (nSPS) is 11.2. The van der Waals surface area contributed by atoms with E-state index in [9.17, 15) is 14.3 Å². The molecule has 128 valence electrons. The third-order valence-electron chi connectivity index (χ3n) is 3.41. The highest BCUT2D eigenvalue weighted by molar-refractivity contribution is 5.99. The van der Waals surface area contributed by atoms with E-state index in [1.165, 1.54) is 17.2 Å². The van der Waals surface area contributed by atoms with Crippen molar-refractivity contribution in [3.8, 4) is 0 Å². The molecule has 2 aromatic rings. The molecule has 0 saturated heterocycles. The van der Waals surface area contributed by atoms with E-state index in [0.717, 1.165) is 0 Å². The van der Waals surface area contributed by atoms with Crippen molar-refractivity contribution in [2.24, 2.45) is 0 Å². The molecule has 0 aliphatic carbocycles. The van der Waals surface area contributed by atoms with Gasteiger partial charge in [0, 0.05) is 19.3 Å². The van der Waals surface area contributed by atoms with Gasteiger partial charge in [0.2, 0.25) is 0 Å². The first-order valence-corrected chi connectivity index (χ1v) is 7.80. The monoisotopic (exact) mass is 331 g/mol. The van der Waals surface area contributed by atoms with Gasteiger partial charge in [0.15, 0.2) is 0 Å². The van der Waals surface area contributed by atoms with Gasteiger partial charge in [0.25, 0.3) is 5.91 Å². The van der Waals surface area contributed by atoms with Crippen LogP contribution in [0, 0.1) is 5.82 Å². The zero-order chi connectivity index (χ0) is 17.7. The third-order valence-corrected chi connectivity index (χ3v) is 3.41. The number of hydrogen-bond donors (Lipinski definition) is 2. The molecule has 6 heteroatoms. The molecule has 0 aliphatic rings. The first-order chi connectivity index (χ1) is 11.3. The Kier molecular flexibility index (Phi) is 5.51. The Bertz CT molecular complexity index is 713. The summed E-state index contributed by atoms with van der Waals surface area (Å²) < 4.78 is 13.8. The quantitative estimate of drug-likeness (QED) is 0.853. The summed E-state index contributed by atoms with van der Waals surface area (Å²) in [5.41, 5.74) is -0.435. The van der Waals surface area contributed by atoms with Crippen molar-refractivity contribution in [3.63, 3.8) is 0 Å². The molecule has 24 heavy (non-hydrogen) atoms. The molecule has 2 rings (SSSR count). The van der Waals surface area contributed by atoms with Crippen LogP contribution in [0.25, 0.3) is 0 Å². The van der Waals surface area contributed by atoms with Gasteiger partial charge < -0.3 is 15.3 Å². The van der Waals surface area contributed by atoms with Crippen LogP contribution in [-0.4, -0.2) is 39.6 Å². The molecule has 1 heterocycles. The van der Waals surface area contributed by atoms with Crippen molar-refractivity contribution < 1.29 is 14.3 Å². The number of aromatic nitrogens is 1. The molecule has 1 aromatic heterocycles. The topological polar surface area (TPSA) is 65.5 Å². The minimum absolute atomic E-state index is 0.191. The summed E-state index contributed by atoms with van der Waals surface area (Å²) in [7, 11) is 0. The van der Waals surface area contributed by atoms with Crippen LogP contribution in [0.1, 0.15) is 31.1 Å². The van der Waals surface area contributed by atoms with E-state index >= 15 is 0 Å². The van der Waals surface area contributed by atoms with E-state index in [1.807, 2.05) is 6.92 Å². The van der Waals surface area contributed by atoms with Crippen LogP contribution in [0.5, 0.6) is 0 Å². The summed E-state index contributed by atoms with van der Waals surface area (Å²) in [6.07, 6.45) is 1.53. The maximum atomic E-state index is 13.8. The fourth-order valence-electron chi connectivity index (χ4n) is 2.33. The number of likely N-dealkylation sites (N-methyl/N-ethyl adjacent to an activating group) is 1. The van der Waals surface area contributed by atoms with E-state index in [0.29, 0.717) is 12.1 Å². The fraction of sp³-hybridized carbons (Fsp3) is 0.333. The number of anilines is 2. The summed E-state index contributed by atoms with van der Waals surface area (Å²) in [6.45, 7) is 5.76. The smallest absolute Gasteiger partial charge is 0.257 e. The van der Waals surface area contributed by atoms with Crippen molar-refractivity contribution in [2.45, 2.75) is 26.4 Å². The number of pyridine rings is 1. The SMILES string of the molecule is CCN(CC(C)(C)O)C(=O)c1cccnc1Nc1ccccc1F. The lowest BCUT2D eigenvalue weighted by atomic mass is 10.1. The highest BCUT2D eigenvalue weighted by atomic mass is 19.1. The van der Waals surface area contributed by atoms with Gasteiger partial charge >= 0.3 is 0 Å². The number of aliphatic hydroxyl groups is 1. The standard InChI is InChI=1S/C18H22FN3O2/c1-4-22(12-18(2,3)24)17(23)13-8-7-11-20-16(13)21-15-10-6-5-9-14(15)19/h5-11,24H,4,12H2,1-3H3,(H,20,21). The molecule has 0 spiro atoms. The Morgan fingerprint density at radius 2 is 2.00 bits per heavy atom. The van der Waals surface area contributed by atoms with Gasteiger partial charge in [-0.15, -0.1) is 0 Å². The third kappa shape index (κ3) is 4.52. The maximum absolute atomic E-state index is 13.8. The molecular weight excluding hydrogens is 309 g/mol. The summed E-state index contributed by atoms with van der Waals surface area (Å²) in [5.74, 6) is -0.418. The first kappa shape index (κ1) is 17.9. The summed E-state index contributed by atoms with van der Waals surface area (Å²) in [4.78, 5) is 18.5. The van der Waals surface area contributed by atoms with E-state index in [1.54, 1.807) is 44.2 Å². The second kappa shape index (κ2) is 7.40. The molecule has 1 aromatic carbocycles. The predicted octanol–water partition coefficient (Wildman–Crippen LogP) is 3.20. The summed E-state index contributed by atoms with van der Waals surface area (Å²) in [5, 5.41) is 12.8. The number of rotatable bonds is 6. The van der Waals surface area contributed by atoms with Gasteiger partial charge in [0.1, 0.15) is 11.6 Å². The van der Waals surface area contributed by atoms with Gasteiger partial charge in [0.05, 0.1) is 16.9 Å². The maximum Gasteiger partial charge on any atom is 0.257 e. The molecule has 0 unspecified atom stereocenters. The van der Waals surface area contributed by atoms with Crippen LogP contribution in [0.2, 0.25) is 0 Å². The highest BCUT2D eigenvalue weighted by Crippen LogP contribution is 2.22. The Morgan fingerprint density at radius 1 is 1.29 bits per heavy atom. The lowest BCUT2D eigenvalue weighted by Gasteiger charge is -2.28. The number of nitrogens with one attached hydrogen (secondary N) is 1. The lowest BCUT2D eigenvalue weighted by Crippen LogP contribution is -2.42. The van der Waals surface area contributed by atoms with Crippen LogP contribution in [0.4, 0.5) is 15.9 Å². The van der Waals surface area contributed by atoms with Crippen LogP contribution < -0.4 is 5.32 Å². The molecule has 0 atom stereocenters. The van der Waals surface area contributed by atoms with Crippen LogP contribution in [0.15, 0.2) is 42.6 Å². The van der Waals surface area contributed by atoms with E-state index < -0.39 is 11.4 Å². The number of para-hydroxylation sites is 1. The molecule has 5 nitrogen and oxygen atoms in total. The molecular formula is C18H22FN3O2. The van der Waals surface area contributed by atoms with Gasteiger partial charge in [-0.25, -0.2) is 9.37 Å². The molecule has 0 radical (unpaired) electrons. The van der Waals surface area contributed by atoms with Crippen molar-refractivity contribution in [1.29, 1.82) is 0 Å². The van der Waals surface area contributed by atoms with Gasteiger partial charge in [-0.05, 0) is 45.0 Å². The zero-order valence-corrected chi connectivity index (χ0v) is 14.1. The Hall–Kier alpha value is -2.47. The fourth-order valence-corrected chi connectivity index (χ4v) is 2.33. The van der Waals surface area contributed by atoms with Crippen LogP contribution in [0.3, 0.4) is 0 Å². The average Bonchev–Trinajstić information content (AvgIpc) is 2.54. The number of halogens is 1. The van der Waals surface area contributed by atoms with E-state index in [4.69, 9.17) is 0 Å². The summed E-state index contributed by atoms with van der Waals surface area (Å²) in [6, 6.07) is 9.48. The second-order valence-corrected chi connectivity index (χ2v) is 6.14. The Morgan fingerprint density at radius 3 is 2.62 bits per heavy atom. The number of carbonyl (C=O) groups excluding carboxylic acids is 1. The summed E-state index contributed by atoms with van der Waals surface area (Å²) >= 11 is 0. The van der Waals surface area contributed by atoms with E-state index in [-0.39, 0.29) is 24.0 Å². The molecule has 0 fully saturated rings. The predicted molar refractivity (Wildman–Crippen MR) is 91.8 cm³/mol. The minimum atomic E-state index is -1.01. The largest absolute Gasteiger partial charge is 0.389 e. The Balaban J connectivity index is 2.31. The lowest BCUT2D eigenvalue weighted by molar-refractivity contribution is 0.0315. The number of nitrogens with zero attached hydrogens (tertiary/aromatic N) is 2. The molecule has 2 N–H and O–H groups in total. The van der Waals surface area contributed by atoms with Gasteiger partial charge in [-0.3, -0.25) is 4.79 Å². The highest BCUT2D eigenvalue weighted by Gasteiger charge is 2.24. The molecule has 0 saturated carbocycles. The molecule has 0 aliphatic heterocycles. The van der Waals surface area contributed by atoms with Crippen molar-refractivity contribution in [3.05, 3.63) is 54.0 Å². The van der Waals surface area contributed by atoms with Crippen molar-refractivity contribution >= 4 is 17.4 Å². The molecule has 0 bridgehead atoms. The number of benzene rings is 1. The second-order valence-electron chi connectivity index (χ2n) is 6.14.